The second-order valence-electron chi connectivity index (χ2n) is 6.53. The van der Waals surface area contributed by atoms with E-state index in [1.165, 1.54) is 0 Å². The van der Waals surface area contributed by atoms with Crippen LogP contribution in [0, 0.1) is 0 Å². The lowest BCUT2D eigenvalue weighted by atomic mass is 9.99. The third-order valence-electron chi connectivity index (χ3n) is 4.52. The lowest BCUT2D eigenvalue weighted by Crippen LogP contribution is -2.33. The summed E-state index contributed by atoms with van der Waals surface area (Å²) in [7, 11) is -1.30. The maximum atomic E-state index is 12.6. The number of esters is 1. The molecule has 1 atom stereocenters. The lowest BCUT2D eigenvalue weighted by Gasteiger charge is -2.20. The van der Waals surface area contributed by atoms with Crippen molar-refractivity contribution in [3.05, 3.63) is 102 Å². The van der Waals surface area contributed by atoms with Crippen molar-refractivity contribution in [1.82, 2.24) is 5.32 Å². The van der Waals surface area contributed by atoms with Crippen molar-refractivity contribution in [1.29, 1.82) is 0 Å². The highest BCUT2D eigenvalue weighted by Crippen LogP contribution is 2.21. The van der Waals surface area contributed by atoms with Gasteiger partial charge in [-0.25, -0.2) is 4.79 Å². The van der Waals surface area contributed by atoms with Crippen LogP contribution in [-0.2, 0) is 20.3 Å². The third-order valence-corrected chi connectivity index (χ3v) is 5.89. The molecule has 30 heavy (non-hydrogen) atoms. The molecule has 0 aliphatic carbocycles. The summed E-state index contributed by atoms with van der Waals surface area (Å²) in [4.78, 5) is 25.5. The summed E-state index contributed by atoms with van der Waals surface area (Å²) in [6.07, 6.45) is 0. The Labute approximate surface area is 178 Å². The van der Waals surface area contributed by atoms with Crippen LogP contribution in [0.15, 0.2) is 89.8 Å². The molecule has 3 aromatic carbocycles. The molecule has 3 rings (SSSR count). The molecule has 5 nitrogen and oxygen atoms in total. The number of carbonyl (C=O) groups excluding carboxylic acids is 2. The summed E-state index contributed by atoms with van der Waals surface area (Å²) in [5, 5.41) is 2.93. The fourth-order valence-electron chi connectivity index (χ4n) is 3.05. The first-order valence-corrected chi connectivity index (χ1v) is 11.0. The zero-order valence-corrected chi connectivity index (χ0v) is 17.4. The predicted molar refractivity (Wildman–Crippen MR) is 117 cm³/mol. The van der Waals surface area contributed by atoms with Crippen LogP contribution in [0.1, 0.15) is 34.5 Å². The number of amides is 1. The predicted octanol–water partition coefficient (Wildman–Crippen LogP) is 3.88. The van der Waals surface area contributed by atoms with Gasteiger partial charge in [-0.3, -0.25) is 9.00 Å². The monoisotopic (exact) mass is 421 g/mol. The molecule has 3 aromatic rings. The molecule has 0 saturated carbocycles. The van der Waals surface area contributed by atoms with Crippen molar-refractivity contribution in [2.75, 3.05) is 12.4 Å². The summed E-state index contributed by atoms with van der Waals surface area (Å²) in [5.74, 6) is -0.700. The van der Waals surface area contributed by atoms with Gasteiger partial charge in [0.05, 0.1) is 27.3 Å². The summed E-state index contributed by atoms with van der Waals surface area (Å²) >= 11 is 0. The van der Waals surface area contributed by atoms with E-state index >= 15 is 0 Å². The van der Waals surface area contributed by atoms with Gasteiger partial charge in [0.2, 0.25) is 0 Å². The number of hydrogen-bond donors (Lipinski definition) is 1. The molecule has 0 fully saturated rings. The second kappa shape index (κ2) is 10.5. The minimum atomic E-state index is -1.30. The Morgan fingerprint density at radius 2 is 1.40 bits per heavy atom. The highest BCUT2D eigenvalue weighted by atomic mass is 32.2. The molecule has 0 spiro atoms. The van der Waals surface area contributed by atoms with Crippen molar-refractivity contribution in [2.24, 2.45) is 0 Å². The molecular formula is C24H23NO4S. The zero-order valence-electron chi connectivity index (χ0n) is 16.6. The SMILES string of the molecule is CC[S@@](=O)c1ccccc1C(=O)OCC(=O)NC(c1ccccc1)c1ccccc1. The van der Waals surface area contributed by atoms with E-state index in [4.69, 9.17) is 4.74 Å². The van der Waals surface area contributed by atoms with Gasteiger partial charge in [-0.1, -0.05) is 79.7 Å². The summed E-state index contributed by atoms with van der Waals surface area (Å²) in [5.41, 5.74) is 2.06. The standard InChI is InChI=1S/C24H23NO4S/c1-2-30(28)21-16-10-9-15-20(21)24(27)29-17-22(26)25-23(18-11-5-3-6-12-18)19-13-7-4-8-14-19/h3-16,23H,2,17H2,1H3,(H,25,26)/t30-/m1/s1. The van der Waals surface area contributed by atoms with E-state index < -0.39 is 29.3 Å². The molecule has 0 unspecified atom stereocenters. The van der Waals surface area contributed by atoms with Crippen molar-refractivity contribution in [3.63, 3.8) is 0 Å². The van der Waals surface area contributed by atoms with E-state index in [1.54, 1.807) is 31.2 Å². The Kier molecular flexibility index (Phi) is 7.51. The quantitative estimate of drug-likeness (QED) is 0.561. The van der Waals surface area contributed by atoms with Gasteiger partial charge in [-0.05, 0) is 23.3 Å². The minimum absolute atomic E-state index is 0.216. The fraction of sp³-hybridized carbons (Fsp3) is 0.167. The zero-order chi connectivity index (χ0) is 21.3. The van der Waals surface area contributed by atoms with Gasteiger partial charge >= 0.3 is 5.97 Å². The highest BCUT2D eigenvalue weighted by Gasteiger charge is 2.20. The number of nitrogens with one attached hydrogen (secondary N) is 1. The van der Waals surface area contributed by atoms with E-state index in [9.17, 15) is 13.8 Å². The molecular weight excluding hydrogens is 398 g/mol. The van der Waals surface area contributed by atoms with Crippen LogP contribution in [0.3, 0.4) is 0 Å². The molecule has 0 aliphatic rings. The largest absolute Gasteiger partial charge is 0.452 e. The van der Waals surface area contributed by atoms with Gasteiger partial charge < -0.3 is 10.1 Å². The molecule has 0 radical (unpaired) electrons. The van der Waals surface area contributed by atoms with Crippen LogP contribution in [0.5, 0.6) is 0 Å². The maximum absolute atomic E-state index is 12.6. The average Bonchev–Trinajstić information content (AvgIpc) is 2.81. The van der Waals surface area contributed by atoms with Crippen LogP contribution in [0.25, 0.3) is 0 Å². The van der Waals surface area contributed by atoms with E-state index in [0.717, 1.165) is 11.1 Å². The molecule has 1 N–H and O–H groups in total. The van der Waals surface area contributed by atoms with Crippen LogP contribution in [0.4, 0.5) is 0 Å². The van der Waals surface area contributed by atoms with Gasteiger partial charge in [-0.2, -0.15) is 0 Å². The molecule has 0 heterocycles. The van der Waals surface area contributed by atoms with E-state index in [-0.39, 0.29) is 11.6 Å². The van der Waals surface area contributed by atoms with Crippen LogP contribution < -0.4 is 5.32 Å². The van der Waals surface area contributed by atoms with E-state index in [1.807, 2.05) is 60.7 Å². The van der Waals surface area contributed by atoms with Gasteiger partial charge in [-0.15, -0.1) is 0 Å². The van der Waals surface area contributed by atoms with Gasteiger partial charge in [0.15, 0.2) is 6.61 Å². The second-order valence-corrected chi connectivity index (χ2v) is 8.24. The van der Waals surface area contributed by atoms with Crippen LogP contribution in [-0.4, -0.2) is 28.4 Å². The van der Waals surface area contributed by atoms with Crippen molar-refractivity contribution >= 4 is 22.7 Å². The summed E-state index contributed by atoms with van der Waals surface area (Å²) in [6, 6.07) is 25.4. The van der Waals surface area contributed by atoms with E-state index in [0.29, 0.717) is 10.6 Å². The number of ether oxygens (including phenoxy) is 1. The fourth-order valence-corrected chi connectivity index (χ4v) is 3.99. The van der Waals surface area contributed by atoms with E-state index in [2.05, 4.69) is 5.32 Å². The van der Waals surface area contributed by atoms with Crippen LogP contribution >= 0.6 is 0 Å². The van der Waals surface area contributed by atoms with Crippen molar-refractivity contribution in [3.8, 4) is 0 Å². The molecule has 0 bridgehead atoms. The lowest BCUT2D eigenvalue weighted by molar-refractivity contribution is -0.124. The topological polar surface area (TPSA) is 72.5 Å². The summed E-state index contributed by atoms with van der Waals surface area (Å²) < 4.78 is 17.4. The number of rotatable bonds is 8. The third kappa shape index (κ3) is 5.42. The first-order chi connectivity index (χ1) is 14.6. The first kappa shape index (κ1) is 21.5. The van der Waals surface area contributed by atoms with Gasteiger partial charge in [0.1, 0.15) is 0 Å². The molecule has 0 aromatic heterocycles. The molecule has 1 amide bonds. The molecule has 0 aliphatic heterocycles. The summed E-state index contributed by atoms with van der Waals surface area (Å²) in [6.45, 7) is 1.35. The van der Waals surface area contributed by atoms with Crippen molar-refractivity contribution in [2.45, 2.75) is 17.9 Å². The Balaban J connectivity index is 1.70. The smallest absolute Gasteiger partial charge is 0.339 e. The average molecular weight is 422 g/mol. The Morgan fingerprint density at radius 3 is 1.97 bits per heavy atom. The Morgan fingerprint density at radius 1 is 0.867 bits per heavy atom. The van der Waals surface area contributed by atoms with Crippen LogP contribution in [0.2, 0.25) is 0 Å². The molecule has 6 heteroatoms. The van der Waals surface area contributed by atoms with Crippen molar-refractivity contribution < 1.29 is 18.5 Å². The molecule has 0 saturated heterocycles. The van der Waals surface area contributed by atoms with Gasteiger partial charge in [0.25, 0.3) is 5.91 Å². The van der Waals surface area contributed by atoms with Gasteiger partial charge in [0, 0.05) is 5.75 Å². The number of carbonyl (C=O) groups is 2. The minimum Gasteiger partial charge on any atom is -0.452 e. The normalized spacial score (nSPS) is 11.7. The first-order valence-electron chi connectivity index (χ1n) is 9.64. The Bertz CT molecular complexity index is 982. The Hall–Kier alpha value is -3.25. The highest BCUT2D eigenvalue weighted by molar-refractivity contribution is 7.85. The molecule has 154 valence electrons. The maximum Gasteiger partial charge on any atom is 0.339 e. The number of benzene rings is 3. The number of hydrogen-bond acceptors (Lipinski definition) is 4.